The summed E-state index contributed by atoms with van der Waals surface area (Å²) in [5.74, 6) is 1.58. The molecule has 2 aliphatic rings. The van der Waals surface area contributed by atoms with Gasteiger partial charge >= 0.3 is 0 Å². The van der Waals surface area contributed by atoms with Gasteiger partial charge in [0, 0.05) is 25.2 Å². The average Bonchev–Trinajstić information content (AvgIpc) is 2.40. The van der Waals surface area contributed by atoms with Gasteiger partial charge in [0.15, 0.2) is 0 Å². The molecular weight excluding hydrogens is 226 g/mol. The Morgan fingerprint density at radius 3 is 2.72 bits per heavy atom. The molecule has 0 aromatic rings. The molecular formula is C14H29N3O. The van der Waals surface area contributed by atoms with E-state index in [9.17, 15) is 0 Å². The van der Waals surface area contributed by atoms with Crippen molar-refractivity contribution in [3.8, 4) is 0 Å². The third-order valence-electron chi connectivity index (χ3n) is 4.62. The first-order valence-corrected chi connectivity index (χ1v) is 7.46. The fourth-order valence-electron chi connectivity index (χ4n) is 3.32. The van der Waals surface area contributed by atoms with Crippen molar-refractivity contribution in [2.75, 3.05) is 32.8 Å². The Bertz CT molecular complexity index is 253. The number of morpholine rings is 1. The van der Waals surface area contributed by atoms with Gasteiger partial charge in [0.05, 0.1) is 13.2 Å². The van der Waals surface area contributed by atoms with Crippen molar-refractivity contribution in [3.63, 3.8) is 0 Å². The summed E-state index contributed by atoms with van der Waals surface area (Å²) in [5.41, 5.74) is 9.96. The summed E-state index contributed by atoms with van der Waals surface area (Å²) in [5, 5.41) is 2.32. The molecule has 1 saturated carbocycles. The zero-order valence-electron chi connectivity index (χ0n) is 12.0. The molecule has 18 heavy (non-hydrogen) atoms. The van der Waals surface area contributed by atoms with Crippen LogP contribution in [0, 0.1) is 11.8 Å². The SMILES string of the molecule is CC(C)C1CCCC(CN)(NN2CCOCC2)C1. The van der Waals surface area contributed by atoms with E-state index in [1.54, 1.807) is 0 Å². The maximum Gasteiger partial charge on any atom is 0.0608 e. The van der Waals surface area contributed by atoms with E-state index in [4.69, 9.17) is 10.5 Å². The van der Waals surface area contributed by atoms with Crippen LogP contribution in [-0.4, -0.2) is 43.4 Å². The van der Waals surface area contributed by atoms with Gasteiger partial charge in [-0.15, -0.1) is 0 Å². The van der Waals surface area contributed by atoms with Crippen LogP contribution < -0.4 is 11.2 Å². The monoisotopic (exact) mass is 255 g/mol. The first-order valence-electron chi connectivity index (χ1n) is 7.46. The van der Waals surface area contributed by atoms with Gasteiger partial charge in [-0.3, -0.25) is 0 Å². The Hall–Kier alpha value is -0.160. The Balaban J connectivity index is 1.95. The normalized spacial score (nSPS) is 35.0. The third-order valence-corrected chi connectivity index (χ3v) is 4.62. The van der Waals surface area contributed by atoms with Crippen LogP contribution in [0.2, 0.25) is 0 Å². The Morgan fingerprint density at radius 2 is 2.11 bits per heavy atom. The molecule has 2 rings (SSSR count). The van der Waals surface area contributed by atoms with Crippen molar-refractivity contribution >= 4 is 0 Å². The number of rotatable bonds is 4. The van der Waals surface area contributed by atoms with E-state index in [2.05, 4.69) is 24.3 Å². The lowest BCUT2D eigenvalue weighted by molar-refractivity contribution is -0.0252. The van der Waals surface area contributed by atoms with Crippen LogP contribution in [0.1, 0.15) is 39.5 Å². The highest BCUT2D eigenvalue weighted by molar-refractivity contribution is 4.94. The van der Waals surface area contributed by atoms with E-state index in [-0.39, 0.29) is 5.54 Å². The minimum absolute atomic E-state index is 0.129. The minimum atomic E-state index is 0.129. The lowest BCUT2D eigenvalue weighted by Crippen LogP contribution is -2.62. The number of nitrogens with zero attached hydrogens (tertiary/aromatic N) is 1. The van der Waals surface area contributed by atoms with Gasteiger partial charge in [0.25, 0.3) is 0 Å². The molecule has 0 spiro atoms. The summed E-state index contributed by atoms with van der Waals surface area (Å²) in [4.78, 5) is 0. The average molecular weight is 255 g/mol. The second-order valence-corrected chi connectivity index (χ2v) is 6.30. The fraction of sp³-hybridized carbons (Fsp3) is 1.00. The molecule has 0 amide bonds. The van der Waals surface area contributed by atoms with Gasteiger partial charge in [-0.25, -0.2) is 10.4 Å². The smallest absolute Gasteiger partial charge is 0.0608 e. The van der Waals surface area contributed by atoms with E-state index in [0.29, 0.717) is 0 Å². The highest BCUT2D eigenvalue weighted by Crippen LogP contribution is 2.36. The van der Waals surface area contributed by atoms with Crippen LogP contribution >= 0.6 is 0 Å². The lowest BCUT2D eigenvalue weighted by atomic mass is 9.72. The highest BCUT2D eigenvalue weighted by Gasteiger charge is 2.37. The predicted molar refractivity (Wildman–Crippen MR) is 74.1 cm³/mol. The summed E-state index contributed by atoms with van der Waals surface area (Å²) in [6.45, 7) is 9.05. The molecule has 1 aliphatic carbocycles. The number of hydrazine groups is 1. The molecule has 0 aromatic heterocycles. The summed E-state index contributed by atoms with van der Waals surface area (Å²) in [6.07, 6.45) is 5.10. The zero-order valence-corrected chi connectivity index (χ0v) is 12.0. The van der Waals surface area contributed by atoms with Crippen molar-refractivity contribution in [1.29, 1.82) is 0 Å². The standard InChI is InChI=1S/C14H29N3O/c1-12(2)13-4-3-5-14(10-13,11-15)16-17-6-8-18-9-7-17/h12-13,16H,3-11,15H2,1-2H3. The minimum Gasteiger partial charge on any atom is -0.379 e. The van der Waals surface area contributed by atoms with Crippen LogP contribution in [0.3, 0.4) is 0 Å². The summed E-state index contributed by atoms with van der Waals surface area (Å²) < 4.78 is 5.40. The van der Waals surface area contributed by atoms with E-state index >= 15 is 0 Å². The molecule has 1 heterocycles. The number of hydrogen-bond acceptors (Lipinski definition) is 4. The van der Waals surface area contributed by atoms with Gasteiger partial charge in [-0.2, -0.15) is 0 Å². The zero-order chi connectivity index (χ0) is 13.0. The molecule has 1 aliphatic heterocycles. The first-order chi connectivity index (χ1) is 8.65. The Morgan fingerprint density at radius 1 is 1.39 bits per heavy atom. The van der Waals surface area contributed by atoms with Gasteiger partial charge in [-0.1, -0.05) is 26.7 Å². The van der Waals surface area contributed by atoms with E-state index in [1.165, 1.54) is 25.7 Å². The van der Waals surface area contributed by atoms with Crippen LogP contribution in [0.15, 0.2) is 0 Å². The molecule has 2 unspecified atom stereocenters. The molecule has 106 valence electrons. The van der Waals surface area contributed by atoms with Crippen molar-refractivity contribution < 1.29 is 4.74 Å². The summed E-state index contributed by atoms with van der Waals surface area (Å²) in [6, 6.07) is 0. The van der Waals surface area contributed by atoms with E-state index in [0.717, 1.165) is 44.7 Å². The topological polar surface area (TPSA) is 50.5 Å². The second kappa shape index (κ2) is 6.33. The maximum atomic E-state index is 6.10. The highest BCUT2D eigenvalue weighted by atomic mass is 16.5. The molecule has 4 heteroatoms. The van der Waals surface area contributed by atoms with Gasteiger partial charge in [-0.05, 0) is 24.7 Å². The van der Waals surface area contributed by atoms with Gasteiger partial charge in [0.1, 0.15) is 0 Å². The van der Waals surface area contributed by atoms with Crippen LogP contribution in [0.25, 0.3) is 0 Å². The van der Waals surface area contributed by atoms with Crippen molar-refractivity contribution in [2.24, 2.45) is 17.6 Å². The van der Waals surface area contributed by atoms with E-state index < -0.39 is 0 Å². The Labute approximate surface area is 111 Å². The van der Waals surface area contributed by atoms with Crippen molar-refractivity contribution in [2.45, 2.75) is 45.1 Å². The summed E-state index contributed by atoms with van der Waals surface area (Å²) >= 11 is 0. The van der Waals surface area contributed by atoms with Crippen LogP contribution in [-0.2, 0) is 4.74 Å². The van der Waals surface area contributed by atoms with Crippen LogP contribution in [0.4, 0.5) is 0 Å². The first kappa shape index (κ1) is 14.3. The predicted octanol–water partition coefficient (Wildman–Crippen LogP) is 1.37. The van der Waals surface area contributed by atoms with E-state index in [1.807, 2.05) is 0 Å². The number of nitrogens with one attached hydrogen (secondary N) is 1. The molecule has 0 radical (unpaired) electrons. The molecule has 2 atom stereocenters. The molecule has 3 N–H and O–H groups in total. The maximum absolute atomic E-state index is 6.10. The number of hydrogen-bond donors (Lipinski definition) is 2. The molecule has 2 fully saturated rings. The Kier molecular flexibility index (Phi) is 5.01. The quantitative estimate of drug-likeness (QED) is 0.796. The third kappa shape index (κ3) is 3.44. The fourth-order valence-corrected chi connectivity index (χ4v) is 3.32. The molecule has 4 nitrogen and oxygen atoms in total. The molecule has 1 saturated heterocycles. The summed E-state index contributed by atoms with van der Waals surface area (Å²) in [7, 11) is 0. The van der Waals surface area contributed by atoms with Crippen LogP contribution in [0.5, 0.6) is 0 Å². The largest absolute Gasteiger partial charge is 0.379 e. The number of ether oxygens (including phenoxy) is 1. The lowest BCUT2D eigenvalue weighted by Gasteiger charge is -2.46. The molecule has 0 aromatic carbocycles. The van der Waals surface area contributed by atoms with Crippen molar-refractivity contribution in [3.05, 3.63) is 0 Å². The van der Waals surface area contributed by atoms with Gasteiger partial charge < -0.3 is 10.5 Å². The number of nitrogens with two attached hydrogens (primary N) is 1. The van der Waals surface area contributed by atoms with Gasteiger partial charge in [0.2, 0.25) is 0 Å². The van der Waals surface area contributed by atoms with Crippen molar-refractivity contribution in [1.82, 2.24) is 10.4 Å². The second-order valence-electron chi connectivity index (χ2n) is 6.30. The molecule has 0 bridgehead atoms.